The molecule has 0 atom stereocenters. The Morgan fingerprint density at radius 2 is 1.86 bits per heavy atom. The molecule has 0 amide bonds. The number of aryl methyl sites for hydroxylation is 2. The molecule has 0 aliphatic rings. The van der Waals surface area contributed by atoms with Crippen molar-refractivity contribution in [3.05, 3.63) is 64.0 Å². The Labute approximate surface area is 124 Å². The third kappa shape index (κ3) is 3.60. The number of rotatable bonds is 4. The normalized spacial score (nSPS) is 10.5. The highest BCUT2D eigenvalue weighted by Crippen LogP contribution is 2.24. The topological polar surface area (TPSA) is 59.1 Å². The average molecular weight is 286 g/mol. The molecule has 0 aliphatic carbocycles. The Bertz CT molecular complexity index is 695. The van der Waals surface area contributed by atoms with E-state index in [2.05, 4.69) is 6.07 Å². The number of nitrogens with one attached hydrogen (secondary N) is 1. The number of hydrogen-bond acceptors (Lipinski definition) is 2. The van der Waals surface area contributed by atoms with Gasteiger partial charge < -0.3 is 10.5 Å². The summed E-state index contributed by atoms with van der Waals surface area (Å²) in [6.07, 6.45) is 0. The van der Waals surface area contributed by atoms with Crippen LogP contribution < -0.4 is 10.5 Å². The van der Waals surface area contributed by atoms with Crippen molar-refractivity contribution in [1.82, 2.24) is 0 Å². The van der Waals surface area contributed by atoms with Crippen LogP contribution in [0, 0.1) is 32.0 Å². The van der Waals surface area contributed by atoms with Crippen molar-refractivity contribution in [2.24, 2.45) is 5.73 Å². The van der Waals surface area contributed by atoms with Crippen molar-refractivity contribution in [1.29, 1.82) is 5.41 Å². The van der Waals surface area contributed by atoms with Gasteiger partial charge in [-0.05, 0) is 67.3 Å². The van der Waals surface area contributed by atoms with E-state index in [0.717, 1.165) is 22.4 Å². The summed E-state index contributed by atoms with van der Waals surface area (Å²) in [4.78, 5) is 0. The van der Waals surface area contributed by atoms with Gasteiger partial charge in [-0.15, -0.1) is 0 Å². The van der Waals surface area contributed by atoms with E-state index in [1.165, 1.54) is 12.1 Å². The van der Waals surface area contributed by atoms with Crippen LogP contribution in [0.1, 0.15) is 27.8 Å². The summed E-state index contributed by atoms with van der Waals surface area (Å²) >= 11 is 0. The van der Waals surface area contributed by atoms with Crippen LogP contribution in [0.3, 0.4) is 0 Å². The zero-order valence-electron chi connectivity index (χ0n) is 12.5. The van der Waals surface area contributed by atoms with Crippen LogP contribution in [0.2, 0.25) is 0 Å². The van der Waals surface area contributed by atoms with Crippen molar-refractivity contribution in [2.75, 3.05) is 0 Å². The van der Waals surface area contributed by atoms with Gasteiger partial charge in [0.05, 0.1) is 0 Å². The maximum absolute atomic E-state index is 13.5. The Morgan fingerprint density at radius 1 is 1.14 bits per heavy atom. The third-order valence-corrected chi connectivity index (χ3v) is 3.43. The van der Waals surface area contributed by atoms with Gasteiger partial charge in [0.1, 0.15) is 24.0 Å². The molecule has 0 saturated carbocycles. The first-order valence-electron chi connectivity index (χ1n) is 6.71. The quantitative estimate of drug-likeness (QED) is 0.666. The first-order valence-corrected chi connectivity index (χ1v) is 6.71. The lowest BCUT2D eigenvalue weighted by Crippen LogP contribution is -2.12. The van der Waals surface area contributed by atoms with E-state index in [1.54, 1.807) is 6.07 Å². The molecule has 0 saturated heterocycles. The van der Waals surface area contributed by atoms with Crippen LogP contribution >= 0.6 is 0 Å². The predicted octanol–water partition coefficient (Wildman–Crippen LogP) is 3.61. The van der Waals surface area contributed by atoms with Crippen molar-refractivity contribution in [3.8, 4) is 5.75 Å². The van der Waals surface area contributed by atoms with E-state index >= 15 is 0 Å². The Balaban J connectivity index is 2.22. The van der Waals surface area contributed by atoms with Crippen LogP contribution in [0.5, 0.6) is 5.75 Å². The Morgan fingerprint density at radius 3 is 2.52 bits per heavy atom. The van der Waals surface area contributed by atoms with Crippen LogP contribution in [-0.4, -0.2) is 5.84 Å². The summed E-state index contributed by atoms with van der Waals surface area (Å²) in [7, 11) is 0. The van der Waals surface area contributed by atoms with E-state index < -0.39 is 5.82 Å². The molecule has 21 heavy (non-hydrogen) atoms. The lowest BCUT2D eigenvalue weighted by molar-refractivity contribution is 0.303. The van der Waals surface area contributed by atoms with E-state index in [-0.39, 0.29) is 12.4 Å². The van der Waals surface area contributed by atoms with Crippen LogP contribution in [0.25, 0.3) is 0 Å². The molecule has 2 aromatic rings. The first-order chi connectivity index (χ1) is 9.86. The summed E-state index contributed by atoms with van der Waals surface area (Å²) < 4.78 is 19.3. The summed E-state index contributed by atoms with van der Waals surface area (Å²) in [5.74, 6) is 0.220. The van der Waals surface area contributed by atoms with Gasteiger partial charge in [0.15, 0.2) is 0 Å². The minimum atomic E-state index is -0.418. The molecule has 0 radical (unpaired) electrons. The number of nitrogen functional groups attached to an aromatic ring is 1. The Hall–Kier alpha value is -2.36. The molecule has 0 bridgehead atoms. The largest absolute Gasteiger partial charge is 0.489 e. The number of hydrogen-bond donors (Lipinski definition) is 2. The predicted molar refractivity (Wildman–Crippen MR) is 82.4 cm³/mol. The third-order valence-electron chi connectivity index (χ3n) is 3.43. The summed E-state index contributed by atoms with van der Waals surface area (Å²) in [5.41, 5.74) is 9.77. The molecule has 0 unspecified atom stereocenters. The number of nitrogens with two attached hydrogens (primary N) is 1. The number of ether oxygens (including phenoxy) is 1. The molecular weight excluding hydrogens is 267 g/mol. The molecular formula is C17H19FN2O. The second-order valence-corrected chi connectivity index (χ2v) is 5.26. The standard InChI is InChI=1S/C17H19FN2O/c1-10-4-11(2)12(3)16(5-10)21-9-13-6-14(17(19)20)8-15(18)7-13/h4-8H,9H2,1-3H3,(H3,19,20). The van der Waals surface area contributed by atoms with Crippen molar-refractivity contribution < 1.29 is 9.13 Å². The van der Waals surface area contributed by atoms with E-state index in [1.807, 2.05) is 26.8 Å². The van der Waals surface area contributed by atoms with Crippen LogP contribution in [0.15, 0.2) is 30.3 Å². The molecule has 2 rings (SSSR count). The molecule has 3 nitrogen and oxygen atoms in total. The molecule has 2 aromatic carbocycles. The average Bonchev–Trinajstić information content (AvgIpc) is 2.40. The van der Waals surface area contributed by atoms with Gasteiger partial charge >= 0.3 is 0 Å². The SMILES string of the molecule is Cc1cc(C)c(C)c(OCc2cc(F)cc(C(=N)N)c2)c1. The van der Waals surface area contributed by atoms with E-state index in [0.29, 0.717) is 11.1 Å². The molecule has 0 fully saturated rings. The van der Waals surface area contributed by atoms with Gasteiger partial charge in [0.2, 0.25) is 0 Å². The highest BCUT2D eigenvalue weighted by molar-refractivity contribution is 5.95. The fourth-order valence-electron chi connectivity index (χ4n) is 2.20. The lowest BCUT2D eigenvalue weighted by atomic mass is 10.1. The molecule has 3 N–H and O–H groups in total. The van der Waals surface area contributed by atoms with Crippen molar-refractivity contribution >= 4 is 5.84 Å². The van der Waals surface area contributed by atoms with Crippen molar-refractivity contribution in [3.63, 3.8) is 0 Å². The first kappa shape index (κ1) is 15.0. The van der Waals surface area contributed by atoms with E-state index in [4.69, 9.17) is 15.9 Å². The second kappa shape index (κ2) is 5.95. The molecule has 0 spiro atoms. The molecule has 0 aromatic heterocycles. The molecule has 0 heterocycles. The monoisotopic (exact) mass is 286 g/mol. The fourth-order valence-corrected chi connectivity index (χ4v) is 2.20. The van der Waals surface area contributed by atoms with Gasteiger partial charge in [-0.1, -0.05) is 6.07 Å². The van der Waals surface area contributed by atoms with Gasteiger partial charge in [-0.25, -0.2) is 4.39 Å². The minimum absolute atomic E-state index is 0.154. The molecule has 0 aliphatic heterocycles. The number of amidine groups is 1. The fraction of sp³-hybridized carbons (Fsp3) is 0.235. The van der Waals surface area contributed by atoms with Crippen LogP contribution in [0.4, 0.5) is 4.39 Å². The zero-order chi connectivity index (χ0) is 15.6. The smallest absolute Gasteiger partial charge is 0.124 e. The molecule has 4 heteroatoms. The van der Waals surface area contributed by atoms with Gasteiger partial charge in [0.25, 0.3) is 0 Å². The van der Waals surface area contributed by atoms with E-state index in [9.17, 15) is 4.39 Å². The maximum atomic E-state index is 13.5. The summed E-state index contributed by atoms with van der Waals surface area (Å²) in [5, 5.41) is 7.39. The highest BCUT2D eigenvalue weighted by Gasteiger charge is 2.07. The summed E-state index contributed by atoms with van der Waals surface area (Å²) in [6.45, 7) is 6.28. The zero-order valence-corrected chi connectivity index (χ0v) is 12.5. The van der Waals surface area contributed by atoms with Gasteiger partial charge in [-0.2, -0.15) is 0 Å². The van der Waals surface area contributed by atoms with Crippen molar-refractivity contribution in [2.45, 2.75) is 27.4 Å². The number of halogens is 1. The van der Waals surface area contributed by atoms with Gasteiger partial charge in [0, 0.05) is 5.56 Å². The highest BCUT2D eigenvalue weighted by atomic mass is 19.1. The maximum Gasteiger partial charge on any atom is 0.124 e. The minimum Gasteiger partial charge on any atom is -0.489 e. The lowest BCUT2D eigenvalue weighted by Gasteiger charge is -2.13. The number of benzene rings is 2. The van der Waals surface area contributed by atoms with Crippen LogP contribution in [-0.2, 0) is 6.61 Å². The molecule has 110 valence electrons. The Kier molecular flexibility index (Phi) is 4.26. The van der Waals surface area contributed by atoms with Gasteiger partial charge in [-0.3, -0.25) is 5.41 Å². The summed E-state index contributed by atoms with van der Waals surface area (Å²) in [6, 6.07) is 8.37. The second-order valence-electron chi connectivity index (χ2n) is 5.26.